The first kappa shape index (κ1) is 30.8. The van der Waals surface area contributed by atoms with Gasteiger partial charge in [-0.25, -0.2) is 0 Å². The minimum atomic E-state index is 0.169. The van der Waals surface area contributed by atoms with E-state index in [9.17, 15) is 10.2 Å². The summed E-state index contributed by atoms with van der Waals surface area (Å²) in [4.78, 5) is 9.82. The summed E-state index contributed by atoms with van der Waals surface area (Å²) >= 11 is 0. The second-order valence-electron chi connectivity index (χ2n) is 12.3. The van der Waals surface area contributed by atoms with Crippen LogP contribution in [0.4, 0.5) is 11.4 Å². The topological polar surface area (TPSA) is 65.2 Å². The lowest BCUT2D eigenvalue weighted by molar-refractivity contribution is 0.473. The van der Waals surface area contributed by atoms with E-state index in [-0.39, 0.29) is 11.5 Å². The van der Waals surface area contributed by atoms with Crippen LogP contribution in [0.5, 0.6) is 11.5 Å². The molecular weight excluding hydrogens is 516 g/mol. The van der Waals surface area contributed by atoms with Gasteiger partial charge in [0.05, 0.1) is 11.4 Å². The van der Waals surface area contributed by atoms with Crippen LogP contribution >= 0.6 is 0 Å². The zero-order valence-electron chi connectivity index (χ0n) is 26.2. The molecule has 0 fully saturated rings. The lowest BCUT2D eigenvalue weighted by Crippen LogP contribution is -1.96. The molecule has 0 aliphatic rings. The third-order valence-corrected chi connectivity index (χ3v) is 7.74. The summed E-state index contributed by atoms with van der Waals surface area (Å²) in [5.41, 5.74) is 9.80. The fraction of sp³-hybridized carbons (Fsp3) is 0.316. The van der Waals surface area contributed by atoms with Crippen molar-refractivity contribution in [1.29, 1.82) is 0 Å². The van der Waals surface area contributed by atoms with E-state index in [0.29, 0.717) is 34.8 Å². The van der Waals surface area contributed by atoms with Gasteiger partial charge in [-0.1, -0.05) is 104 Å². The molecule has 0 atom stereocenters. The third kappa shape index (κ3) is 6.82. The molecule has 4 aromatic rings. The van der Waals surface area contributed by atoms with Crippen molar-refractivity contribution in [3.63, 3.8) is 0 Å². The summed E-state index contributed by atoms with van der Waals surface area (Å²) in [7, 11) is 0. The zero-order valence-corrected chi connectivity index (χ0v) is 26.2. The number of aromatic hydroxyl groups is 2. The Labute approximate surface area is 251 Å². The van der Waals surface area contributed by atoms with Crippen molar-refractivity contribution in [3.05, 3.63) is 106 Å². The fourth-order valence-corrected chi connectivity index (χ4v) is 5.26. The maximum absolute atomic E-state index is 10.7. The Balaban J connectivity index is 1.73. The van der Waals surface area contributed by atoms with Crippen molar-refractivity contribution in [2.24, 2.45) is 9.98 Å². The Hall–Kier alpha value is -4.18. The van der Waals surface area contributed by atoms with Gasteiger partial charge in [0.1, 0.15) is 11.5 Å². The predicted molar refractivity (Wildman–Crippen MR) is 179 cm³/mol. The Morgan fingerprint density at radius 2 is 0.786 bits per heavy atom. The molecule has 0 saturated carbocycles. The molecule has 0 bridgehead atoms. The molecule has 0 unspecified atom stereocenters. The molecule has 0 radical (unpaired) electrons. The molecule has 4 heteroatoms. The lowest BCUT2D eigenvalue weighted by atomic mass is 9.93. The first-order valence-corrected chi connectivity index (χ1v) is 15.0. The molecule has 4 rings (SSSR count). The Morgan fingerprint density at radius 3 is 1.07 bits per heavy atom. The molecule has 218 valence electrons. The van der Waals surface area contributed by atoms with Gasteiger partial charge in [-0.15, -0.1) is 0 Å². The van der Waals surface area contributed by atoms with Gasteiger partial charge in [-0.3, -0.25) is 9.98 Å². The maximum Gasteiger partial charge on any atom is 0.124 e. The van der Waals surface area contributed by atoms with Crippen LogP contribution in [0.2, 0.25) is 0 Å². The average molecular weight is 561 g/mol. The summed E-state index contributed by atoms with van der Waals surface area (Å²) in [6.45, 7) is 17.4. The number of rotatable bonds is 9. The molecule has 4 nitrogen and oxygen atoms in total. The smallest absolute Gasteiger partial charge is 0.124 e. The van der Waals surface area contributed by atoms with E-state index in [4.69, 9.17) is 9.98 Å². The zero-order chi connectivity index (χ0) is 30.6. The van der Waals surface area contributed by atoms with E-state index in [2.05, 4.69) is 91.8 Å². The number of nitrogens with zero attached hydrogens (tertiary/aromatic N) is 2. The van der Waals surface area contributed by atoms with Crippen molar-refractivity contribution in [1.82, 2.24) is 0 Å². The van der Waals surface area contributed by atoms with Gasteiger partial charge < -0.3 is 10.2 Å². The van der Waals surface area contributed by atoms with Crippen molar-refractivity contribution in [2.75, 3.05) is 0 Å². The van der Waals surface area contributed by atoms with Crippen LogP contribution in [0, 0.1) is 0 Å². The predicted octanol–water partition coefficient (Wildman–Crippen LogP) is 10.8. The van der Waals surface area contributed by atoms with Crippen LogP contribution in [0.25, 0.3) is 11.1 Å². The van der Waals surface area contributed by atoms with Crippen LogP contribution in [0.15, 0.2) is 82.8 Å². The molecule has 2 N–H and O–H groups in total. The molecule has 0 heterocycles. The largest absolute Gasteiger partial charge is 0.507 e. The molecule has 0 aliphatic carbocycles. The standard InChI is InChI=1S/C38H44N2O2/c1-23(2)31-11-9-12-32(24(3)4)37(31)39-21-29-19-27(15-17-35(29)41)28-16-18-36(42)30(20-28)22-40-38-33(25(5)6)13-10-14-34(38)26(7)8/h9-26,41-42H,1-8H3. The summed E-state index contributed by atoms with van der Waals surface area (Å²) in [6.07, 6.45) is 3.51. The van der Waals surface area contributed by atoms with Gasteiger partial charge in [0, 0.05) is 23.6 Å². The number of benzene rings is 4. The van der Waals surface area contributed by atoms with E-state index in [1.54, 1.807) is 24.6 Å². The highest BCUT2D eigenvalue weighted by Crippen LogP contribution is 2.37. The second-order valence-corrected chi connectivity index (χ2v) is 12.3. The number of aliphatic imine (C=N–C) groups is 2. The van der Waals surface area contributed by atoms with E-state index < -0.39 is 0 Å². The van der Waals surface area contributed by atoms with Crippen molar-refractivity contribution < 1.29 is 10.2 Å². The summed E-state index contributed by atoms with van der Waals surface area (Å²) in [5, 5.41) is 21.4. The second kappa shape index (κ2) is 13.2. The molecule has 0 aliphatic heterocycles. The molecule has 0 amide bonds. The monoisotopic (exact) mass is 560 g/mol. The highest BCUT2D eigenvalue weighted by molar-refractivity contribution is 5.91. The van der Waals surface area contributed by atoms with Gasteiger partial charge in [0.2, 0.25) is 0 Å². The summed E-state index contributed by atoms with van der Waals surface area (Å²) in [6, 6.07) is 23.7. The fourth-order valence-electron chi connectivity index (χ4n) is 5.26. The van der Waals surface area contributed by atoms with Crippen LogP contribution in [0.1, 0.15) is 112 Å². The summed E-state index contributed by atoms with van der Waals surface area (Å²) < 4.78 is 0. The molecule has 0 saturated heterocycles. The highest BCUT2D eigenvalue weighted by atomic mass is 16.3. The quantitative estimate of drug-likeness (QED) is 0.200. The van der Waals surface area contributed by atoms with E-state index in [1.807, 2.05) is 24.3 Å². The minimum Gasteiger partial charge on any atom is -0.507 e. The highest BCUT2D eigenvalue weighted by Gasteiger charge is 2.15. The van der Waals surface area contributed by atoms with E-state index in [0.717, 1.165) is 22.5 Å². The maximum atomic E-state index is 10.7. The van der Waals surface area contributed by atoms with Crippen LogP contribution < -0.4 is 0 Å². The van der Waals surface area contributed by atoms with Crippen molar-refractivity contribution >= 4 is 23.8 Å². The van der Waals surface area contributed by atoms with Crippen molar-refractivity contribution in [2.45, 2.75) is 79.1 Å². The van der Waals surface area contributed by atoms with Crippen LogP contribution in [-0.4, -0.2) is 22.6 Å². The van der Waals surface area contributed by atoms with E-state index >= 15 is 0 Å². The number of para-hydroxylation sites is 2. The molecule has 0 spiro atoms. The molecular formula is C38H44N2O2. The molecule has 4 aromatic carbocycles. The molecule has 0 aromatic heterocycles. The van der Waals surface area contributed by atoms with Gasteiger partial charge >= 0.3 is 0 Å². The minimum absolute atomic E-state index is 0.169. The molecule has 42 heavy (non-hydrogen) atoms. The van der Waals surface area contributed by atoms with Gasteiger partial charge in [-0.05, 0) is 81.3 Å². The van der Waals surface area contributed by atoms with Crippen LogP contribution in [0.3, 0.4) is 0 Å². The van der Waals surface area contributed by atoms with Gasteiger partial charge in [-0.2, -0.15) is 0 Å². The normalized spacial score (nSPS) is 12.2. The lowest BCUT2D eigenvalue weighted by Gasteiger charge is -2.16. The van der Waals surface area contributed by atoms with Crippen LogP contribution in [-0.2, 0) is 0 Å². The van der Waals surface area contributed by atoms with Gasteiger partial charge in [0.15, 0.2) is 0 Å². The number of phenols is 2. The third-order valence-electron chi connectivity index (χ3n) is 7.74. The van der Waals surface area contributed by atoms with E-state index in [1.165, 1.54) is 22.3 Å². The Bertz CT molecular complexity index is 1440. The Kier molecular flexibility index (Phi) is 9.67. The Morgan fingerprint density at radius 1 is 0.476 bits per heavy atom. The first-order chi connectivity index (χ1) is 20.0. The number of hydrogen-bond acceptors (Lipinski definition) is 4. The summed E-state index contributed by atoms with van der Waals surface area (Å²) in [5.74, 6) is 1.66. The average Bonchev–Trinajstić information content (AvgIpc) is 2.95. The number of hydrogen-bond donors (Lipinski definition) is 2. The number of phenolic OH excluding ortho intramolecular Hbond substituents is 2. The van der Waals surface area contributed by atoms with Gasteiger partial charge in [0.25, 0.3) is 0 Å². The SMILES string of the molecule is CC(C)c1cccc(C(C)C)c1N=Cc1cc(-c2ccc(O)c(C=Nc3c(C(C)C)cccc3C(C)C)c2)ccc1O. The van der Waals surface area contributed by atoms with Crippen molar-refractivity contribution in [3.8, 4) is 22.6 Å². The first-order valence-electron chi connectivity index (χ1n) is 15.0.